The van der Waals surface area contributed by atoms with E-state index in [1.807, 2.05) is 0 Å². The van der Waals surface area contributed by atoms with Gasteiger partial charge in [-0.15, -0.1) is 0 Å². The summed E-state index contributed by atoms with van der Waals surface area (Å²) in [5.74, 6) is 0.355. The first-order valence-electron chi connectivity index (χ1n) is 5.75. The van der Waals surface area contributed by atoms with Gasteiger partial charge < -0.3 is 15.2 Å². The minimum atomic E-state index is -0.589. The average molecular weight is 311 g/mol. The Labute approximate surface area is 121 Å². The molecule has 3 nitrogen and oxygen atoms in total. The number of ether oxygens (including phenoxy) is 1. The van der Waals surface area contributed by atoms with Crippen molar-refractivity contribution in [2.75, 3.05) is 13.2 Å². The zero-order chi connectivity index (χ0) is 13.1. The molecule has 0 aliphatic heterocycles. The SMILES string of the molecule is OC(CNC1CC1)COc1c(Cl)cc(Cl)cc1Cl. The van der Waals surface area contributed by atoms with E-state index in [4.69, 9.17) is 39.5 Å². The minimum absolute atomic E-state index is 0.140. The Hall–Kier alpha value is -0.190. The third-order valence-electron chi connectivity index (χ3n) is 2.60. The number of aliphatic hydroxyl groups is 1. The lowest BCUT2D eigenvalue weighted by molar-refractivity contribution is 0.106. The quantitative estimate of drug-likeness (QED) is 0.848. The Kier molecular flexibility index (Phi) is 4.98. The van der Waals surface area contributed by atoms with Crippen LogP contribution < -0.4 is 10.1 Å². The van der Waals surface area contributed by atoms with Gasteiger partial charge in [0.25, 0.3) is 0 Å². The van der Waals surface area contributed by atoms with Gasteiger partial charge in [-0.05, 0) is 25.0 Å². The smallest absolute Gasteiger partial charge is 0.156 e. The Balaban J connectivity index is 1.84. The maximum Gasteiger partial charge on any atom is 0.156 e. The number of hydrogen-bond donors (Lipinski definition) is 2. The van der Waals surface area contributed by atoms with Crippen molar-refractivity contribution in [1.29, 1.82) is 0 Å². The van der Waals surface area contributed by atoms with Crippen molar-refractivity contribution in [2.45, 2.75) is 25.0 Å². The van der Waals surface area contributed by atoms with E-state index in [9.17, 15) is 5.11 Å². The maximum atomic E-state index is 9.72. The molecule has 1 saturated carbocycles. The van der Waals surface area contributed by atoms with E-state index >= 15 is 0 Å². The van der Waals surface area contributed by atoms with Crippen LogP contribution in [0.2, 0.25) is 15.1 Å². The van der Waals surface area contributed by atoms with Crippen molar-refractivity contribution in [1.82, 2.24) is 5.32 Å². The first-order chi connectivity index (χ1) is 8.56. The van der Waals surface area contributed by atoms with Crippen LogP contribution >= 0.6 is 34.8 Å². The molecule has 0 radical (unpaired) electrons. The number of hydrogen-bond acceptors (Lipinski definition) is 3. The number of halogens is 3. The lowest BCUT2D eigenvalue weighted by Gasteiger charge is -2.15. The maximum absolute atomic E-state index is 9.72. The van der Waals surface area contributed by atoms with Crippen LogP contribution in [0.1, 0.15) is 12.8 Å². The van der Waals surface area contributed by atoms with Crippen LogP contribution in [0.3, 0.4) is 0 Å². The highest BCUT2D eigenvalue weighted by molar-refractivity contribution is 6.40. The van der Waals surface area contributed by atoms with Gasteiger partial charge >= 0.3 is 0 Å². The molecule has 0 saturated heterocycles. The van der Waals surface area contributed by atoms with E-state index < -0.39 is 6.10 Å². The van der Waals surface area contributed by atoms with Gasteiger partial charge in [-0.2, -0.15) is 0 Å². The number of nitrogens with one attached hydrogen (secondary N) is 1. The monoisotopic (exact) mass is 309 g/mol. The summed E-state index contributed by atoms with van der Waals surface area (Å²) in [6.45, 7) is 0.647. The summed E-state index contributed by atoms with van der Waals surface area (Å²) < 4.78 is 5.42. The normalized spacial score (nSPS) is 16.7. The lowest BCUT2D eigenvalue weighted by atomic mass is 10.3. The van der Waals surface area contributed by atoms with Crippen molar-refractivity contribution < 1.29 is 9.84 Å². The molecule has 2 N–H and O–H groups in total. The predicted octanol–water partition coefficient (Wildman–Crippen LogP) is 3.14. The first kappa shape index (κ1) is 14.2. The molecule has 1 unspecified atom stereocenters. The zero-order valence-corrected chi connectivity index (χ0v) is 11.9. The van der Waals surface area contributed by atoms with Crippen LogP contribution in [0.15, 0.2) is 12.1 Å². The molecule has 0 spiro atoms. The van der Waals surface area contributed by atoms with Crippen molar-refractivity contribution in [3.8, 4) is 5.75 Å². The molecule has 0 heterocycles. The number of benzene rings is 1. The van der Waals surface area contributed by atoms with E-state index in [0.717, 1.165) is 0 Å². The lowest BCUT2D eigenvalue weighted by Crippen LogP contribution is -2.32. The summed E-state index contributed by atoms with van der Waals surface area (Å²) in [5.41, 5.74) is 0. The highest BCUT2D eigenvalue weighted by Gasteiger charge is 2.21. The minimum Gasteiger partial charge on any atom is -0.488 e. The van der Waals surface area contributed by atoms with Gasteiger partial charge in [0.1, 0.15) is 12.7 Å². The molecule has 2 rings (SSSR count). The third-order valence-corrected chi connectivity index (χ3v) is 3.38. The van der Waals surface area contributed by atoms with Crippen molar-refractivity contribution >= 4 is 34.8 Å². The highest BCUT2D eigenvalue weighted by Crippen LogP contribution is 2.35. The van der Waals surface area contributed by atoms with Crippen molar-refractivity contribution in [3.63, 3.8) is 0 Å². The van der Waals surface area contributed by atoms with Crippen LogP contribution in [0, 0.1) is 0 Å². The van der Waals surface area contributed by atoms with Gasteiger partial charge in [-0.3, -0.25) is 0 Å². The fourth-order valence-electron chi connectivity index (χ4n) is 1.50. The summed E-state index contributed by atoms with van der Waals surface area (Å²) in [4.78, 5) is 0. The number of aliphatic hydroxyl groups excluding tert-OH is 1. The summed E-state index contributed by atoms with van der Waals surface area (Å²) in [5, 5.41) is 14.1. The van der Waals surface area contributed by atoms with Gasteiger partial charge in [0, 0.05) is 17.6 Å². The second-order valence-electron chi connectivity index (χ2n) is 4.35. The zero-order valence-electron chi connectivity index (χ0n) is 9.63. The van der Waals surface area contributed by atoms with Crippen LogP contribution in [0.5, 0.6) is 5.75 Å². The Morgan fingerprint density at radius 1 is 1.28 bits per heavy atom. The van der Waals surface area contributed by atoms with E-state index in [1.165, 1.54) is 12.8 Å². The van der Waals surface area contributed by atoms with E-state index in [1.54, 1.807) is 12.1 Å². The molecule has 6 heteroatoms. The molecular formula is C12H14Cl3NO2. The van der Waals surface area contributed by atoms with Gasteiger partial charge in [0.05, 0.1) is 10.0 Å². The van der Waals surface area contributed by atoms with Crippen LogP contribution in [0.4, 0.5) is 0 Å². The van der Waals surface area contributed by atoms with E-state index in [0.29, 0.717) is 33.4 Å². The van der Waals surface area contributed by atoms with Crippen molar-refractivity contribution in [2.24, 2.45) is 0 Å². The highest BCUT2D eigenvalue weighted by atomic mass is 35.5. The molecule has 1 aliphatic carbocycles. The van der Waals surface area contributed by atoms with E-state index in [2.05, 4.69) is 5.32 Å². The molecular weight excluding hydrogens is 296 g/mol. The Bertz CT molecular complexity index is 401. The summed E-state index contributed by atoms with van der Waals surface area (Å²) in [7, 11) is 0. The van der Waals surface area contributed by atoms with Crippen LogP contribution in [-0.2, 0) is 0 Å². The van der Waals surface area contributed by atoms with E-state index in [-0.39, 0.29) is 6.61 Å². The largest absolute Gasteiger partial charge is 0.488 e. The van der Waals surface area contributed by atoms with Gasteiger partial charge in [0.2, 0.25) is 0 Å². The molecule has 1 aromatic rings. The van der Waals surface area contributed by atoms with Gasteiger partial charge in [-0.1, -0.05) is 34.8 Å². The third kappa shape index (κ3) is 4.18. The standard InChI is InChI=1S/C12H14Cl3NO2/c13-7-3-10(14)12(11(15)4-7)18-6-9(17)5-16-8-1-2-8/h3-4,8-9,16-17H,1-2,5-6H2. The molecule has 1 aromatic carbocycles. The Morgan fingerprint density at radius 3 is 2.44 bits per heavy atom. The molecule has 100 valence electrons. The van der Waals surface area contributed by atoms with Gasteiger partial charge in [0.15, 0.2) is 5.75 Å². The fourth-order valence-corrected chi connectivity index (χ4v) is 2.42. The first-order valence-corrected chi connectivity index (χ1v) is 6.88. The average Bonchev–Trinajstić information content (AvgIpc) is 3.08. The van der Waals surface area contributed by atoms with Crippen LogP contribution in [0.25, 0.3) is 0 Å². The molecule has 18 heavy (non-hydrogen) atoms. The van der Waals surface area contributed by atoms with Gasteiger partial charge in [-0.25, -0.2) is 0 Å². The number of rotatable bonds is 6. The Morgan fingerprint density at radius 2 is 1.89 bits per heavy atom. The molecule has 0 bridgehead atoms. The molecule has 1 atom stereocenters. The second-order valence-corrected chi connectivity index (χ2v) is 5.60. The van der Waals surface area contributed by atoms with Crippen molar-refractivity contribution in [3.05, 3.63) is 27.2 Å². The molecule has 0 aromatic heterocycles. The molecule has 1 aliphatic rings. The summed E-state index contributed by atoms with van der Waals surface area (Å²) in [6, 6.07) is 3.67. The molecule has 0 amide bonds. The van der Waals surface area contributed by atoms with Crippen LogP contribution in [-0.4, -0.2) is 30.4 Å². The summed E-state index contributed by atoms with van der Waals surface area (Å²) in [6.07, 6.45) is 1.78. The predicted molar refractivity (Wildman–Crippen MR) is 74.0 cm³/mol. The molecule has 1 fully saturated rings. The summed E-state index contributed by atoms with van der Waals surface area (Å²) >= 11 is 17.7. The second kappa shape index (κ2) is 6.31. The topological polar surface area (TPSA) is 41.5 Å². The fraction of sp³-hybridized carbons (Fsp3) is 0.500.